The minimum Gasteiger partial charge on any atom is -0.487 e. The Labute approximate surface area is 141 Å². The largest absolute Gasteiger partial charge is 0.487 e. The Balaban J connectivity index is 1.72. The zero-order valence-electron chi connectivity index (χ0n) is 13.2. The van der Waals surface area contributed by atoms with Gasteiger partial charge in [0.2, 0.25) is 0 Å². The van der Waals surface area contributed by atoms with Crippen LogP contribution in [0.2, 0.25) is 0 Å². The van der Waals surface area contributed by atoms with E-state index in [4.69, 9.17) is 8.92 Å². The molecule has 2 aromatic carbocycles. The summed E-state index contributed by atoms with van der Waals surface area (Å²) in [6.07, 6.45) is 6.03. The second-order valence-corrected chi connectivity index (χ2v) is 7.67. The molecule has 124 valence electrons. The van der Waals surface area contributed by atoms with Gasteiger partial charge in [-0.1, -0.05) is 24.3 Å². The highest BCUT2D eigenvalue weighted by molar-refractivity contribution is 7.91. The molecule has 5 heteroatoms. The van der Waals surface area contributed by atoms with Crippen LogP contribution >= 0.6 is 0 Å². The van der Waals surface area contributed by atoms with Crippen LogP contribution in [0.1, 0.15) is 29.5 Å². The Kier molecular flexibility index (Phi) is 3.81. The van der Waals surface area contributed by atoms with Gasteiger partial charge in [0, 0.05) is 5.56 Å². The number of para-hydroxylation sites is 1. The molecule has 0 saturated heterocycles. The first-order valence-electron chi connectivity index (χ1n) is 8.11. The molecule has 0 radical (unpaired) electrons. The molecule has 24 heavy (non-hydrogen) atoms. The van der Waals surface area contributed by atoms with Crippen molar-refractivity contribution in [1.29, 1.82) is 0 Å². The summed E-state index contributed by atoms with van der Waals surface area (Å²) in [7, 11) is -3.87. The van der Waals surface area contributed by atoms with Gasteiger partial charge in [-0.2, -0.15) is 8.42 Å². The number of hydrogen-bond acceptors (Lipinski definition) is 4. The predicted octanol–water partition coefficient (Wildman–Crippen LogP) is 3.71. The molecule has 4 nitrogen and oxygen atoms in total. The number of hydrogen-bond donors (Lipinski definition) is 0. The van der Waals surface area contributed by atoms with Crippen molar-refractivity contribution in [2.45, 2.75) is 25.7 Å². The van der Waals surface area contributed by atoms with Gasteiger partial charge in [0.05, 0.1) is 0 Å². The van der Waals surface area contributed by atoms with Crippen molar-refractivity contribution < 1.29 is 17.3 Å². The van der Waals surface area contributed by atoms with Crippen molar-refractivity contribution in [1.82, 2.24) is 0 Å². The van der Waals surface area contributed by atoms with Gasteiger partial charge in [0.1, 0.15) is 23.0 Å². The third-order valence-corrected chi connectivity index (χ3v) is 5.77. The first-order valence-corrected chi connectivity index (χ1v) is 9.52. The average Bonchev–Trinajstić information content (AvgIpc) is 2.61. The monoisotopic (exact) mass is 342 g/mol. The van der Waals surface area contributed by atoms with Crippen LogP contribution in [-0.2, 0) is 23.0 Å². The highest BCUT2D eigenvalue weighted by Crippen LogP contribution is 2.36. The van der Waals surface area contributed by atoms with Gasteiger partial charge in [0.15, 0.2) is 0 Å². The maximum absolute atomic E-state index is 12.6. The van der Waals surface area contributed by atoms with Gasteiger partial charge in [-0.15, -0.1) is 0 Å². The minimum atomic E-state index is -3.87. The standard InChI is InChI=1S/C19H18O4S/c20-24(21,23-15-7-2-1-3-8-15)16-12-18-17-9-5-4-6-14(17)10-11-19(18)22-13-16/h1-3,7-8,10-12H,4-6,9,13H2. The summed E-state index contributed by atoms with van der Waals surface area (Å²) in [6.45, 7) is 0.000946. The van der Waals surface area contributed by atoms with E-state index in [9.17, 15) is 8.42 Å². The van der Waals surface area contributed by atoms with E-state index in [0.29, 0.717) is 5.75 Å². The van der Waals surface area contributed by atoms with Crippen LogP contribution in [-0.4, -0.2) is 15.0 Å². The SMILES string of the molecule is O=S(=O)(Oc1ccccc1)C1=Cc2c(ccc3c2CCCC3)OC1. The third-order valence-electron chi connectivity index (χ3n) is 4.48. The summed E-state index contributed by atoms with van der Waals surface area (Å²) in [4.78, 5) is 0.165. The second-order valence-electron chi connectivity index (χ2n) is 6.07. The summed E-state index contributed by atoms with van der Waals surface area (Å²) in [6, 6.07) is 12.6. The molecular weight excluding hydrogens is 324 g/mol. The molecule has 0 spiro atoms. The first kappa shape index (κ1) is 15.3. The second kappa shape index (κ2) is 5.98. The normalized spacial score (nSPS) is 16.4. The van der Waals surface area contributed by atoms with Crippen molar-refractivity contribution >= 4 is 16.2 Å². The maximum atomic E-state index is 12.6. The van der Waals surface area contributed by atoms with Crippen LogP contribution in [0, 0.1) is 0 Å². The van der Waals surface area contributed by atoms with Gasteiger partial charge in [-0.3, -0.25) is 0 Å². The fraction of sp³-hybridized carbons (Fsp3) is 0.263. The van der Waals surface area contributed by atoms with E-state index in [2.05, 4.69) is 6.07 Å². The first-order chi connectivity index (χ1) is 11.6. The molecular formula is C19H18O4S. The topological polar surface area (TPSA) is 52.6 Å². The van der Waals surface area contributed by atoms with Crippen LogP contribution in [0.5, 0.6) is 11.5 Å². The molecule has 1 aliphatic heterocycles. The van der Waals surface area contributed by atoms with Crippen LogP contribution in [0.15, 0.2) is 47.4 Å². The molecule has 0 amide bonds. The number of rotatable bonds is 3. The van der Waals surface area contributed by atoms with Gasteiger partial charge < -0.3 is 8.92 Å². The zero-order chi connectivity index (χ0) is 16.6. The van der Waals surface area contributed by atoms with Crippen molar-refractivity contribution in [3.63, 3.8) is 0 Å². The fourth-order valence-electron chi connectivity index (χ4n) is 3.27. The van der Waals surface area contributed by atoms with Crippen molar-refractivity contribution in [2.75, 3.05) is 6.61 Å². The molecule has 2 aliphatic rings. The molecule has 0 atom stereocenters. The molecule has 4 rings (SSSR count). The number of fused-ring (bicyclic) bond motifs is 3. The smallest absolute Gasteiger partial charge is 0.338 e. The fourth-order valence-corrected chi connectivity index (χ4v) is 4.21. The summed E-state index contributed by atoms with van der Waals surface area (Å²) in [5, 5.41) is 0. The van der Waals surface area contributed by atoms with Gasteiger partial charge in [-0.05, 0) is 61.1 Å². The predicted molar refractivity (Wildman–Crippen MR) is 92.5 cm³/mol. The molecule has 1 heterocycles. The van der Waals surface area contributed by atoms with E-state index in [1.807, 2.05) is 12.1 Å². The number of benzene rings is 2. The zero-order valence-corrected chi connectivity index (χ0v) is 14.0. The third kappa shape index (κ3) is 2.80. The number of ether oxygens (including phenoxy) is 1. The molecule has 0 fully saturated rings. The molecule has 0 saturated carbocycles. The van der Waals surface area contributed by atoms with Crippen LogP contribution in [0.4, 0.5) is 0 Å². The lowest BCUT2D eigenvalue weighted by atomic mass is 9.87. The van der Waals surface area contributed by atoms with Crippen LogP contribution in [0.25, 0.3) is 6.08 Å². The number of aryl methyl sites for hydroxylation is 1. The summed E-state index contributed by atoms with van der Waals surface area (Å²) >= 11 is 0. The van der Waals surface area contributed by atoms with Gasteiger partial charge in [0.25, 0.3) is 0 Å². The highest BCUT2D eigenvalue weighted by atomic mass is 32.2. The molecule has 0 bridgehead atoms. The summed E-state index contributed by atoms with van der Waals surface area (Å²) in [5.41, 5.74) is 3.40. The Hall–Kier alpha value is -2.27. The lowest BCUT2D eigenvalue weighted by molar-refractivity contribution is 0.349. The quantitative estimate of drug-likeness (QED) is 0.798. The van der Waals surface area contributed by atoms with E-state index in [1.165, 1.54) is 17.5 Å². The van der Waals surface area contributed by atoms with E-state index < -0.39 is 10.1 Å². The lowest BCUT2D eigenvalue weighted by Gasteiger charge is -2.24. The van der Waals surface area contributed by atoms with E-state index in [0.717, 1.165) is 30.6 Å². The maximum Gasteiger partial charge on any atom is 0.338 e. The Morgan fingerprint density at radius 1 is 0.958 bits per heavy atom. The Morgan fingerprint density at radius 2 is 1.75 bits per heavy atom. The molecule has 0 N–H and O–H groups in total. The Bertz CT molecular complexity index is 898. The molecule has 0 unspecified atom stereocenters. The van der Waals surface area contributed by atoms with Gasteiger partial charge >= 0.3 is 10.1 Å². The van der Waals surface area contributed by atoms with Crippen molar-refractivity contribution in [3.8, 4) is 11.5 Å². The molecule has 1 aliphatic carbocycles. The average molecular weight is 342 g/mol. The highest BCUT2D eigenvalue weighted by Gasteiger charge is 2.27. The lowest BCUT2D eigenvalue weighted by Crippen LogP contribution is -2.21. The summed E-state index contributed by atoms with van der Waals surface area (Å²) in [5.74, 6) is 1.06. The van der Waals surface area contributed by atoms with E-state index in [1.54, 1.807) is 30.3 Å². The summed E-state index contributed by atoms with van der Waals surface area (Å²) < 4.78 is 36.0. The van der Waals surface area contributed by atoms with Crippen LogP contribution in [0.3, 0.4) is 0 Å². The van der Waals surface area contributed by atoms with Crippen LogP contribution < -0.4 is 8.92 Å². The van der Waals surface area contributed by atoms with Crippen molar-refractivity contribution in [2.24, 2.45) is 0 Å². The van der Waals surface area contributed by atoms with Gasteiger partial charge in [-0.25, -0.2) is 0 Å². The van der Waals surface area contributed by atoms with Crippen molar-refractivity contribution in [3.05, 3.63) is 64.1 Å². The van der Waals surface area contributed by atoms with E-state index >= 15 is 0 Å². The molecule has 2 aromatic rings. The molecule has 0 aromatic heterocycles. The minimum absolute atomic E-state index is 0.000946. The van der Waals surface area contributed by atoms with E-state index in [-0.39, 0.29) is 11.5 Å². The Morgan fingerprint density at radius 3 is 2.58 bits per heavy atom.